The van der Waals surface area contributed by atoms with Crippen LogP contribution in [0, 0.1) is 0 Å². The SMILES string of the molecule is CN(C)CC1(O)CCN(C(=O)c2ccc(-c3ccccc3)n2C)C1. The summed E-state index contributed by atoms with van der Waals surface area (Å²) in [5, 5.41) is 10.6. The van der Waals surface area contributed by atoms with Gasteiger partial charge < -0.3 is 19.5 Å². The lowest BCUT2D eigenvalue weighted by molar-refractivity contribution is 0.0234. The van der Waals surface area contributed by atoms with Crippen LogP contribution < -0.4 is 0 Å². The fraction of sp³-hybridized carbons (Fsp3) is 0.421. The average molecular weight is 327 g/mol. The number of β-amino-alcohol motifs (C(OH)–C–C–N with tert-alkyl or cyclic N) is 1. The van der Waals surface area contributed by atoms with E-state index >= 15 is 0 Å². The van der Waals surface area contributed by atoms with Crippen molar-refractivity contribution in [3.05, 3.63) is 48.2 Å². The molecule has 0 saturated carbocycles. The molecule has 0 aliphatic carbocycles. The lowest BCUT2D eigenvalue weighted by atomic mass is 10.0. The number of aromatic nitrogens is 1. The van der Waals surface area contributed by atoms with Crippen molar-refractivity contribution in [2.75, 3.05) is 33.7 Å². The maximum absolute atomic E-state index is 12.9. The van der Waals surface area contributed by atoms with E-state index < -0.39 is 5.60 Å². The maximum Gasteiger partial charge on any atom is 0.270 e. The molecular weight excluding hydrogens is 302 g/mol. The number of rotatable bonds is 4. The van der Waals surface area contributed by atoms with Crippen LogP contribution in [0.3, 0.4) is 0 Å². The van der Waals surface area contributed by atoms with Gasteiger partial charge in [0.15, 0.2) is 0 Å². The second-order valence-corrected chi connectivity index (χ2v) is 6.97. The number of aliphatic hydroxyl groups is 1. The number of benzene rings is 1. The molecule has 128 valence electrons. The minimum atomic E-state index is -0.813. The van der Waals surface area contributed by atoms with E-state index in [1.54, 1.807) is 4.90 Å². The summed E-state index contributed by atoms with van der Waals surface area (Å²) in [6, 6.07) is 13.9. The Kier molecular flexibility index (Phi) is 4.47. The van der Waals surface area contributed by atoms with Crippen LogP contribution in [0.25, 0.3) is 11.3 Å². The van der Waals surface area contributed by atoms with Crippen LogP contribution in [0.2, 0.25) is 0 Å². The van der Waals surface area contributed by atoms with E-state index in [2.05, 4.69) is 0 Å². The Morgan fingerprint density at radius 3 is 2.58 bits per heavy atom. The molecule has 5 nitrogen and oxygen atoms in total. The first-order valence-electron chi connectivity index (χ1n) is 8.27. The Morgan fingerprint density at radius 1 is 1.21 bits per heavy atom. The molecule has 0 radical (unpaired) electrons. The number of likely N-dealkylation sites (N-methyl/N-ethyl adjacent to an activating group) is 1. The molecule has 0 spiro atoms. The molecule has 2 heterocycles. The van der Waals surface area contributed by atoms with Crippen molar-refractivity contribution in [3.8, 4) is 11.3 Å². The fourth-order valence-corrected chi connectivity index (χ4v) is 3.53. The number of likely N-dealkylation sites (tertiary alicyclic amines) is 1. The van der Waals surface area contributed by atoms with E-state index in [1.807, 2.05) is 73.1 Å². The monoisotopic (exact) mass is 327 g/mol. The van der Waals surface area contributed by atoms with Gasteiger partial charge in [0.2, 0.25) is 0 Å². The van der Waals surface area contributed by atoms with Crippen molar-refractivity contribution in [1.82, 2.24) is 14.4 Å². The lowest BCUT2D eigenvalue weighted by Crippen LogP contribution is -2.43. The second kappa shape index (κ2) is 6.42. The van der Waals surface area contributed by atoms with Gasteiger partial charge in [-0.3, -0.25) is 4.79 Å². The first-order chi connectivity index (χ1) is 11.4. The minimum Gasteiger partial charge on any atom is -0.387 e. The van der Waals surface area contributed by atoms with Crippen molar-refractivity contribution in [1.29, 1.82) is 0 Å². The van der Waals surface area contributed by atoms with Crippen LogP contribution in [-0.2, 0) is 7.05 Å². The number of hydrogen-bond acceptors (Lipinski definition) is 3. The quantitative estimate of drug-likeness (QED) is 0.932. The first kappa shape index (κ1) is 16.7. The summed E-state index contributed by atoms with van der Waals surface area (Å²) >= 11 is 0. The van der Waals surface area contributed by atoms with Crippen LogP contribution in [0.4, 0.5) is 0 Å². The summed E-state index contributed by atoms with van der Waals surface area (Å²) in [6.45, 7) is 1.55. The predicted molar refractivity (Wildman–Crippen MR) is 94.9 cm³/mol. The largest absolute Gasteiger partial charge is 0.387 e. The standard InChI is InChI=1S/C19H25N3O2/c1-20(2)13-19(24)11-12-22(14-19)18(23)17-10-9-16(21(17)3)15-7-5-4-6-8-15/h4-10,24H,11-14H2,1-3H3. The van der Waals surface area contributed by atoms with Gasteiger partial charge >= 0.3 is 0 Å². The van der Waals surface area contributed by atoms with Gasteiger partial charge in [-0.05, 0) is 38.2 Å². The molecule has 1 aromatic heterocycles. The molecule has 2 aromatic rings. The van der Waals surface area contributed by atoms with Gasteiger partial charge in [-0.15, -0.1) is 0 Å². The number of carbonyl (C=O) groups excluding carboxylic acids is 1. The normalized spacial score (nSPS) is 20.8. The van der Waals surface area contributed by atoms with Crippen LogP contribution in [0.1, 0.15) is 16.9 Å². The number of hydrogen-bond donors (Lipinski definition) is 1. The third-order valence-corrected chi connectivity index (χ3v) is 4.64. The highest BCUT2D eigenvalue weighted by atomic mass is 16.3. The maximum atomic E-state index is 12.9. The zero-order chi connectivity index (χ0) is 17.3. The zero-order valence-corrected chi connectivity index (χ0v) is 14.6. The van der Waals surface area contributed by atoms with Crippen molar-refractivity contribution in [3.63, 3.8) is 0 Å². The predicted octanol–water partition coefficient (Wildman–Crippen LogP) is 1.83. The van der Waals surface area contributed by atoms with Gasteiger partial charge in [0.25, 0.3) is 5.91 Å². The Hall–Kier alpha value is -2.11. The molecule has 1 N–H and O–H groups in total. The number of nitrogens with zero attached hydrogens (tertiary/aromatic N) is 3. The molecule has 1 fully saturated rings. The van der Waals surface area contributed by atoms with Gasteiger partial charge in [-0.25, -0.2) is 0 Å². The Labute approximate surface area is 143 Å². The molecule has 5 heteroatoms. The Balaban J connectivity index is 1.79. The van der Waals surface area contributed by atoms with Gasteiger partial charge in [-0.1, -0.05) is 30.3 Å². The van der Waals surface area contributed by atoms with Crippen LogP contribution in [0.5, 0.6) is 0 Å². The lowest BCUT2D eigenvalue weighted by Gasteiger charge is -2.26. The van der Waals surface area contributed by atoms with E-state index in [4.69, 9.17) is 0 Å². The molecule has 1 aliphatic rings. The zero-order valence-electron chi connectivity index (χ0n) is 14.6. The molecule has 1 aliphatic heterocycles. The third kappa shape index (κ3) is 3.23. The summed E-state index contributed by atoms with van der Waals surface area (Å²) in [7, 11) is 5.79. The second-order valence-electron chi connectivity index (χ2n) is 6.97. The van der Waals surface area contributed by atoms with E-state index in [1.165, 1.54) is 0 Å². The van der Waals surface area contributed by atoms with Gasteiger partial charge in [-0.2, -0.15) is 0 Å². The molecule has 24 heavy (non-hydrogen) atoms. The van der Waals surface area contributed by atoms with Crippen molar-refractivity contribution >= 4 is 5.91 Å². The van der Waals surface area contributed by atoms with Gasteiger partial charge in [0.05, 0.1) is 12.1 Å². The van der Waals surface area contributed by atoms with E-state index in [0.29, 0.717) is 31.7 Å². The highest BCUT2D eigenvalue weighted by molar-refractivity contribution is 5.94. The van der Waals surface area contributed by atoms with Crippen LogP contribution >= 0.6 is 0 Å². The molecule has 1 atom stereocenters. The Morgan fingerprint density at radius 2 is 1.92 bits per heavy atom. The topological polar surface area (TPSA) is 48.7 Å². The number of carbonyl (C=O) groups is 1. The number of amides is 1. The first-order valence-corrected chi connectivity index (χ1v) is 8.27. The summed E-state index contributed by atoms with van der Waals surface area (Å²) < 4.78 is 1.93. The highest BCUT2D eigenvalue weighted by Crippen LogP contribution is 2.26. The summed E-state index contributed by atoms with van der Waals surface area (Å²) in [5.74, 6) is -0.0191. The van der Waals surface area contributed by atoms with Crippen LogP contribution in [0.15, 0.2) is 42.5 Å². The summed E-state index contributed by atoms with van der Waals surface area (Å²) in [4.78, 5) is 16.6. The van der Waals surface area contributed by atoms with E-state index in [0.717, 1.165) is 11.3 Å². The average Bonchev–Trinajstić information content (AvgIpc) is 3.10. The summed E-state index contributed by atoms with van der Waals surface area (Å²) in [6.07, 6.45) is 0.618. The molecule has 1 saturated heterocycles. The molecule has 0 bridgehead atoms. The summed E-state index contributed by atoms with van der Waals surface area (Å²) in [5.41, 5.74) is 1.95. The molecular formula is C19H25N3O2. The third-order valence-electron chi connectivity index (χ3n) is 4.64. The van der Waals surface area contributed by atoms with E-state index in [-0.39, 0.29) is 5.91 Å². The van der Waals surface area contributed by atoms with Crippen molar-refractivity contribution in [2.24, 2.45) is 7.05 Å². The van der Waals surface area contributed by atoms with Gasteiger partial charge in [0.1, 0.15) is 5.69 Å². The molecule has 1 unspecified atom stereocenters. The minimum absolute atomic E-state index is 0.0191. The fourth-order valence-electron chi connectivity index (χ4n) is 3.53. The van der Waals surface area contributed by atoms with Crippen molar-refractivity contribution in [2.45, 2.75) is 12.0 Å². The van der Waals surface area contributed by atoms with E-state index in [9.17, 15) is 9.90 Å². The molecule has 1 amide bonds. The smallest absolute Gasteiger partial charge is 0.270 e. The molecule has 1 aromatic carbocycles. The highest BCUT2D eigenvalue weighted by Gasteiger charge is 2.39. The Bertz CT molecular complexity index is 723. The molecule has 3 rings (SSSR count). The van der Waals surface area contributed by atoms with Crippen molar-refractivity contribution < 1.29 is 9.90 Å². The van der Waals surface area contributed by atoms with Crippen LogP contribution in [-0.4, -0.2) is 64.7 Å². The van der Waals surface area contributed by atoms with Gasteiger partial charge in [0, 0.05) is 25.8 Å².